The van der Waals surface area contributed by atoms with Crippen LogP contribution in [-0.4, -0.2) is 65.8 Å². The van der Waals surface area contributed by atoms with Crippen LogP contribution in [0.15, 0.2) is 48.0 Å². The standard InChI is InChI=1S/C21H28F3N7O3S/c1-33-17(13-4-2-5-15(12-13)34-21(22,23)24)18(32)28-20-30-29-19(35-20)27-14-7-10-31(11-8-14)16(26)6-3-9-25/h2-4,6,9,12,14-15,17H,5,7-8,10-11,25-26H2,1H3,(H,27,29)(H,28,30,32)/b9-3-,16-6+. The number of nitrogens with two attached hydrogens (primary N) is 2. The lowest BCUT2D eigenvalue weighted by molar-refractivity contribution is -0.336. The van der Waals surface area contributed by atoms with Crippen molar-refractivity contribution in [2.75, 3.05) is 30.8 Å². The number of aromatic nitrogens is 2. The van der Waals surface area contributed by atoms with Crippen LogP contribution in [0.4, 0.5) is 23.4 Å². The molecule has 1 aliphatic heterocycles. The Bertz CT molecular complexity index is 985. The molecule has 14 heteroatoms. The first kappa shape index (κ1) is 26.5. The van der Waals surface area contributed by atoms with E-state index < -0.39 is 24.5 Å². The van der Waals surface area contributed by atoms with Gasteiger partial charge in [-0.3, -0.25) is 14.8 Å². The van der Waals surface area contributed by atoms with Crippen LogP contribution in [0.5, 0.6) is 0 Å². The van der Waals surface area contributed by atoms with E-state index in [0.29, 0.717) is 11.0 Å². The molecule has 1 aromatic rings. The molecule has 0 bridgehead atoms. The fourth-order valence-corrected chi connectivity index (χ4v) is 4.44. The van der Waals surface area contributed by atoms with Crippen LogP contribution in [0.3, 0.4) is 0 Å². The van der Waals surface area contributed by atoms with E-state index in [2.05, 4.69) is 30.5 Å². The average molecular weight is 516 g/mol. The molecule has 3 rings (SSSR count). The number of alkyl halides is 3. The van der Waals surface area contributed by atoms with Gasteiger partial charge in [-0.25, -0.2) is 0 Å². The summed E-state index contributed by atoms with van der Waals surface area (Å²) in [7, 11) is 1.29. The maximum absolute atomic E-state index is 12.7. The first-order chi connectivity index (χ1) is 16.7. The van der Waals surface area contributed by atoms with Crippen LogP contribution in [0.1, 0.15) is 19.3 Å². The van der Waals surface area contributed by atoms with Crippen LogP contribution >= 0.6 is 11.3 Å². The van der Waals surface area contributed by atoms with Gasteiger partial charge in [-0.05, 0) is 49.3 Å². The van der Waals surface area contributed by atoms with Gasteiger partial charge in [0.25, 0.3) is 5.91 Å². The maximum Gasteiger partial charge on any atom is 0.523 e. The van der Waals surface area contributed by atoms with Gasteiger partial charge in [-0.15, -0.1) is 23.4 Å². The van der Waals surface area contributed by atoms with Crippen molar-refractivity contribution >= 4 is 27.5 Å². The maximum atomic E-state index is 12.7. The molecule has 0 aromatic carbocycles. The number of likely N-dealkylation sites (tertiary alicyclic amines) is 1. The summed E-state index contributed by atoms with van der Waals surface area (Å²) in [6.45, 7) is 1.52. The predicted octanol–water partition coefficient (Wildman–Crippen LogP) is 2.43. The molecular formula is C21H28F3N7O3S. The lowest BCUT2D eigenvalue weighted by Crippen LogP contribution is -2.40. The van der Waals surface area contributed by atoms with Gasteiger partial charge in [0.05, 0.1) is 11.9 Å². The molecular weight excluding hydrogens is 487 g/mol. The van der Waals surface area contributed by atoms with E-state index in [4.69, 9.17) is 16.2 Å². The summed E-state index contributed by atoms with van der Waals surface area (Å²) < 4.78 is 46.9. The molecule has 1 amide bonds. The van der Waals surface area contributed by atoms with E-state index in [1.165, 1.54) is 31.5 Å². The number of carbonyl (C=O) groups is 1. The SMILES string of the molecule is COC(C(=O)Nc1nnc(NC2CCN(/C(N)=C/C=C\N)CC2)s1)C1=CC(OC(F)(F)F)CC=C1. The minimum Gasteiger partial charge on any atom is -0.405 e. The third kappa shape index (κ3) is 7.97. The van der Waals surface area contributed by atoms with Gasteiger partial charge in [0, 0.05) is 26.2 Å². The molecule has 1 saturated heterocycles. The molecule has 0 saturated carbocycles. The minimum atomic E-state index is -4.78. The van der Waals surface area contributed by atoms with E-state index in [1.807, 2.05) is 0 Å². The second kappa shape index (κ2) is 12.0. The van der Waals surface area contributed by atoms with Crippen LogP contribution in [-0.2, 0) is 14.3 Å². The Morgan fingerprint density at radius 3 is 2.69 bits per heavy atom. The molecule has 2 atom stereocenters. The zero-order valence-electron chi connectivity index (χ0n) is 19.0. The Balaban J connectivity index is 1.53. The fourth-order valence-electron chi connectivity index (χ4n) is 3.72. The average Bonchev–Trinajstić information content (AvgIpc) is 3.24. The van der Waals surface area contributed by atoms with Gasteiger partial charge >= 0.3 is 6.36 Å². The molecule has 0 radical (unpaired) electrons. The normalized spacial score (nSPS) is 20.7. The first-order valence-electron chi connectivity index (χ1n) is 10.8. The number of nitrogens with zero attached hydrogens (tertiary/aromatic N) is 3. The number of nitrogens with one attached hydrogen (secondary N) is 2. The summed E-state index contributed by atoms with van der Waals surface area (Å²) in [5.74, 6) is 0.0684. The summed E-state index contributed by atoms with van der Waals surface area (Å²) in [5.41, 5.74) is 11.6. The van der Waals surface area contributed by atoms with Crippen molar-refractivity contribution in [2.24, 2.45) is 11.5 Å². The van der Waals surface area contributed by atoms with Crippen molar-refractivity contribution in [1.29, 1.82) is 0 Å². The first-order valence-corrected chi connectivity index (χ1v) is 11.7. The van der Waals surface area contributed by atoms with E-state index in [0.717, 1.165) is 37.3 Å². The molecule has 192 valence electrons. The predicted molar refractivity (Wildman–Crippen MR) is 126 cm³/mol. The second-order valence-electron chi connectivity index (χ2n) is 7.81. The number of carbonyl (C=O) groups excluding carboxylic acids is 1. The van der Waals surface area contributed by atoms with Crippen molar-refractivity contribution in [1.82, 2.24) is 15.1 Å². The smallest absolute Gasteiger partial charge is 0.405 e. The number of amides is 1. The van der Waals surface area contributed by atoms with Gasteiger partial charge < -0.3 is 26.4 Å². The number of anilines is 2. The number of halogens is 3. The lowest BCUT2D eigenvalue weighted by Gasteiger charge is -2.33. The largest absolute Gasteiger partial charge is 0.523 e. The number of ether oxygens (including phenoxy) is 2. The highest BCUT2D eigenvalue weighted by Gasteiger charge is 2.34. The monoisotopic (exact) mass is 515 g/mol. The molecule has 1 aliphatic carbocycles. The molecule has 1 fully saturated rings. The van der Waals surface area contributed by atoms with Crippen molar-refractivity contribution in [3.63, 3.8) is 0 Å². The van der Waals surface area contributed by atoms with Crippen molar-refractivity contribution in [3.8, 4) is 0 Å². The molecule has 2 aliphatic rings. The molecule has 0 spiro atoms. The quantitative estimate of drug-likeness (QED) is 0.365. The minimum absolute atomic E-state index is 0.0407. The van der Waals surface area contributed by atoms with E-state index >= 15 is 0 Å². The van der Waals surface area contributed by atoms with Crippen LogP contribution < -0.4 is 22.1 Å². The Morgan fingerprint density at radius 2 is 2.03 bits per heavy atom. The summed E-state index contributed by atoms with van der Waals surface area (Å²) in [4.78, 5) is 14.8. The lowest BCUT2D eigenvalue weighted by atomic mass is 9.99. The van der Waals surface area contributed by atoms with Gasteiger partial charge in [0.2, 0.25) is 10.3 Å². The number of rotatable bonds is 9. The second-order valence-corrected chi connectivity index (χ2v) is 8.78. The van der Waals surface area contributed by atoms with Gasteiger partial charge in [0.15, 0.2) is 6.10 Å². The Morgan fingerprint density at radius 1 is 1.31 bits per heavy atom. The molecule has 6 N–H and O–H groups in total. The molecule has 10 nitrogen and oxygen atoms in total. The molecule has 2 heterocycles. The zero-order valence-corrected chi connectivity index (χ0v) is 19.8. The highest BCUT2D eigenvalue weighted by molar-refractivity contribution is 7.19. The number of hydrogen-bond donors (Lipinski definition) is 4. The van der Waals surface area contributed by atoms with E-state index in [-0.39, 0.29) is 23.2 Å². The Kier molecular flexibility index (Phi) is 9.12. The third-order valence-electron chi connectivity index (χ3n) is 5.34. The third-order valence-corrected chi connectivity index (χ3v) is 6.11. The summed E-state index contributed by atoms with van der Waals surface area (Å²) >= 11 is 1.15. The topological polar surface area (TPSA) is 141 Å². The molecule has 35 heavy (non-hydrogen) atoms. The number of piperidine rings is 1. The van der Waals surface area contributed by atoms with Gasteiger partial charge in [-0.1, -0.05) is 23.5 Å². The number of hydrogen-bond acceptors (Lipinski definition) is 10. The van der Waals surface area contributed by atoms with Crippen LogP contribution in [0, 0.1) is 0 Å². The molecule has 1 aromatic heterocycles. The highest BCUT2D eigenvalue weighted by Crippen LogP contribution is 2.27. The van der Waals surface area contributed by atoms with Gasteiger partial charge in [-0.2, -0.15) is 0 Å². The summed E-state index contributed by atoms with van der Waals surface area (Å²) in [6, 6.07) is 0.162. The molecule has 2 unspecified atom stereocenters. The van der Waals surface area contributed by atoms with Crippen LogP contribution in [0.25, 0.3) is 0 Å². The van der Waals surface area contributed by atoms with Crippen molar-refractivity contribution in [2.45, 2.75) is 43.9 Å². The fraction of sp³-hybridized carbons (Fsp3) is 0.476. The van der Waals surface area contributed by atoms with Crippen molar-refractivity contribution < 1.29 is 27.4 Å². The highest BCUT2D eigenvalue weighted by atomic mass is 32.1. The Labute approximate surface area is 204 Å². The summed E-state index contributed by atoms with van der Waals surface area (Å²) in [5, 5.41) is 14.7. The Hall–Kier alpha value is -3.10. The summed E-state index contributed by atoms with van der Waals surface area (Å²) in [6.07, 6.45) is 3.68. The van der Waals surface area contributed by atoms with Crippen molar-refractivity contribution in [3.05, 3.63) is 48.0 Å². The van der Waals surface area contributed by atoms with E-state index in [1.54, 1.807) is 12.2 Å². The van der Waals surface area contributed by atoms with Crippen LogP contribution in [0.2, 0.25) is 0 Å². The van der Waals surface area contributed by atoms with E-state index in [9.17, 15) is 18.0 Å². The number of allylic oxidation sites excluding steroid dienone is 2. The van der Waals surface area contributed by atoms with Gasteiger partial charge in [0.1, 0.15) is 0 Å². The zero-order chi connectivity index (χ0) is 25.4. The number of methoxy groups -OCH3 is 1.